The van der Waals surface area contributed by atoms with Crippen LogP contribution >= 0.6 is 0 Å². The molecule has 0 spiro atoms. The number of unbranched alkanes of at least 4 members (excludes halogenated alkanes) is 2. The minimum Gasteiger partial charge on any atom is -0.309 e. The molecule has 21 heavy (non-hydrogen) atoms. The third-order valence-electron chi connectivity index (χ3n) is 4.36. The molecule has 2 rings (SSSR count). The van der Waals surface area contributed by atoms with Crippen LogP contribution in [0.1, 0.15) is 63.1 Å². The van der Waals surface area contributed by atoms with Crippen LogP contribution in [0.2, 0.25) is 0 Å². The molecule has 0 bridgehead atoms. The van der Waals surface area contributed by atoms with Gasteiger partial charge in [0.2, 0.25) is 0 Å². The summed E-state index contributed by atoms with van der Waals surface area (Å²) in [5.41, 5.74) is 2.82. The van der Waals surface area contributed by atoms with Crippen LogP contribution in [-0.4, -0.2) is 21.8 Å². The van der Waals surface area contributed by atoms with E-state index in [2.05, 4.69) is 43.4 Å². The van der Waals surface area contributed by atoms with Gasteiger partial charge in [-0.15, -0.1) is 0 Å². The van der Waals surface area contributed by atoms with Gasteiger partial charge in [-0.3, -0.25) is 4.21 Å². The van der Waals surface area contributed by atoms with E-state index in [1.165, 1.54) is 24.0 Å². The van der Waals surface area contributed by atoms with Crippen molar-refractivity contribution in [3.05, 3.63) is 35.4 Å². The molecule has 0 saturated carbocycles. The Morgan fingerprint density at radius 3 is 2.76 bits per heavy atom. The van der Waals surface area contributed by atoms with Crippen LogP contribution < -0.4 is 5.32 Å². The molecule has 1 N–H and O–H groups in total. The fourth-order valence-corrected chi connectivity index (χ4v) is 4.92. The van der Waals surface area contributed by atoms with E-state index in [1.54, 1.807) is 0 Å². The summed E-state index contributed by atoms with van der Waals surface area (Å²) < 4.78 is 12.7. The van der Waals surface area contributed by atoms with Crippen LogP contribution in [0.3, 0.4) is 0 Å². The second kappa shape index (κ2) is 8.70. The van der Waals surface area contributed by atoms with E-state index in [9.17, 15) is 4.21 Å². The molecule has 0 aromatic heterocycles. The van der Waals surface area contributed by atoms with Gasteiger partial charge in [-0.05, 0) is 43.4 Å². The quantitative estimate of drug-likeness (QED) is 0.736. The summed E-state index contributed by atoms with van der Waals surface area (Å²) in [6, 6.07) is 8.96. The summed E-state index contributed by atoms with van der Waals surface area (Å²) in [5.74, 6) is 0.866. The maximum Gasteiger partial charge on any atom is 0.0546 e. The van der Waals surface area contributed by atoms with Gasteiger partial charge in [-0.2, -0.15) is 0 Å². The van der Waals surface area contributed by atoms with Crippen LogP contribution in [-0.2, 0) is 17.2 Å². The van der Waals surface area contributed by atoms with Gasteiger partial charge in [-0.25, -0.2) is 0 Å². The molecule has 3 heteroatoms. The van der Waals surface area contributed by atoms with Gasteiger partial charge >= 0.3 is 0 Å². The molecule has 1 aromatic rings. The monoisotopic (exact) mass is 307 g/mol. The Morgan fingerprint density at radius 1 is 1.19 bits per heavy atom. The third kappa shape index (κ3) is 4.40. The maximum atomic E-state index is 12.7. The average molecular weight is 308 g/mol. The topological polar surface area (TPSA) is 29.1 Å². The molecule has 0 radical (unpaired) electrons. The molecule has 0 saturated heterocycles. The summed E-state index contributed by atoms with van der Waals surface area (Å²) >= 11 is 0. The highest BCUT2D eigenvalue weighted by atomic mass is 32.2. The molecule has 0 aliphatic heterocycles. The lowest BCUT2D eigenvalue weighted by Gasteiger charge is -2.34. The number of hydrogen-bond acceptors (Lipinski definition) is 2. The number of fused-ring (bicyclic) bond motifs is 1. The molecule has 0 fully saturated rings. The number of rotatable bonds is 8. The van der Waals surface area contributed by atoms with E-state index < -0.39 is 10.8 Å². The number of nitrogens with one attached hydrogen (secondary N) is 1. The van der Waals surface area contributed by atoms with E-state index in [-0.39, 0.29) is 11.3 Å². The lowest BCUT2D eigenvalue weighted by atomic mass is 9.87. The first-order valence-corrected chi connectivity index (χ1v) is 9.84. The van der Waals surface area contributed by atoms with Crippen molar-refractivity contribution in [1.29, 1.82) is 0 Å². The molecule has 1 aromatic carbocycles. The standard InChI is InChI=1S/C18H29NOS/c1-3-5-8-14-21(20)17-12-11-15-9-6-7-10-16(15)18(17)19-13-4-2/h6-7,9-10,17-19H,3-5,8,11-14H2,1-2H3. The molecule has 3 atom stereocenters. The maximum absolute atomic E-state index is 12.7. The zero-order valence-corrected chi connectivity index (χ0v) is 14.3. The number of hydrogen-bond donors (Lipinski definition) is 1. The van der Waals surface area contributed by atoms with Gasteiger partial charge in [0.15, 0.2) is 0 Å². The van der Waals surface area contributed by atoms with Gasteiger partial charge in [0, 0.05) is 22.6 Å². The predicted octanol–water partition coefficient (Wildman–Crippen LogP) is 3.98. The molecular weight excluding hydrogens is 278 g/mol. The Bertz CT molecular complexity index is 460. The summed E-state index contributed by atoms with van der Waals surface area (Å²) in [6.07, 6.45) is 6.74. The highest BCUT2D eigenvalue weighted by molar-refractivity contribution is 7.85. The molecule has 1 aliphatic rings. The summed E-state index contributed by atoms with van der Waals surface area (Å²) in [4.78, 5) is 0. The highest BCUT2D eigenvalue weighted by Crippen LogP contribution is 2.33. The number of aryl methyl sites for hydroxylation is 1. The minimum absolute atomic E-state index is 0.275. The van der Waals surface area contributed by atoms with E-state index >= 15 is 0 Å². The van der Waals surface area contributed by atoms with E-state index in [4.69, 9.17) is 0 Å². The fraction of sp³-hybridized carbons (Fsp3) is 0.667. The van der Waals surface area contributed by atoms with Gasteiger partial charge in [0.1, 0.15) is 0 Å². The first-order chi connectivity index (χ1) is 10.3. The van der Waals surface area contributed by atoms with Crippen molar-refractivity contribution in [3.8, 4) is 0 Å². The highest BCUT2D eigenvalue weighted by Gasteiger charge is 2.32. The van der Waals surface area contributed by atoms with Crippen molar-refractivity contribution in [1.82, 2.24) is 5.32 Å². The molecule has 3 unspecified atom stereocenters. The van der Waals surface area contributed by atoms with E-state index in [0.29, 0.717) is 0 Å². The first-order valence-electron chi connectivity index (χ1n) is 8.46. The molecule has 0 amide bonds. The van der Waals surface area contributed by atoms with Crippen molar-refractivity contribution >= 4 is 10.8 Å². The van der Waals surface area contributed by atoms with Crippen LogP contribution in [0.4, 0.5) is 0 Å². The predicted molar refractivity (Wildman–Crippen MR) is 92.1 cm³/mol. The molecular formula is C18H29NOS. The molecule has 2 nitrogen and oxygen atoms in total. The van der Waals surface area contributed by atoms with Crippen molar-refractivity contribution in [2.75, 3.05) is 12.3 Å². The summed E-state index contributed by atoms with van der Waals surface area (Å²) in [7, 11) is -0.711. The molecule has 0 heterocycles. The smallest absolute Gasteiger partial charge is 0.0546 e. The lowest BCUT2D eigenvalue weighted by molar-refractivity contribution is 0.463. The van der Waals surface area contributed by atoms with Crippen LogP contribution in [0.15, 0.2) is 24.3 Å². The Morgan fingerprint density at radius 2 is 2.00 bits per heavy atom. The first kappa shape index (κ1) is 16.7. The Labute approximate surface area is 132 Å². The van der Waals surface area contributed by atoms with Crippen molar-refractivity contribution < 1.29 is 4.21 Å². The Hall–Kier alpha value is -0.670. The molecule has 118 valence electrons. The van der Waals surface area contributed by atoms with Gasteiger partial charge < -0.3 is 5.32 Å². The lowest BCUT2D eigenvalue weighted by Crippen LogP contribution is -2.39. The Kier molecular flexibility index (Phi) is 6.91. The fourth-order valence-electron chi connectivity index (χ4n) is 3.20. The van der Waals surface area contributed by atoms with Gasteiger partial charge in [0.25, 0.3) is 0 Å². The van der Waals surface area contributed by atoms with Crippen molar-refractivity contribution in [2.24, 2.45) is 0 Å². The SMILES string of the molecule is CCCCCS(=O)C1CCc2ccccc2C1NCCC. The summed E-state index contributed by atoms with van der Waals surface area (Å²) in [5, 5.41) is 3.94. The van der Waals surface area contributed by atoms with Gasteiger partial charge in [0.05, 0.1) is 5.25 Å². The van der Waals surface area contributed by atoms with E-state index in [1.807, 2.05) is 0 Å². The zero-order valence-electron chi connectivity index (χ0n) is 13.4. The van der Waals surface area contributed by atoms with Crippen LogP contribution in [0.5, 0.6) is 0 Å². The van der Waals surface area contributed by atoms with Crippen molar-refractivity contribution in [3.63, 3.8) is 0 Å². The second-order valence-electron chi connectivity index (χ2n) is 6.00. The van der Waals surface area contributed by atoms with E-state index in [0.717, 1.165) is 38.0 Å². The normalized spacial score (nSPS) is 22.8. The molecule has 1 aliphatic carbocycles. The van der Waals surface area contributed by atoms with Crippen molar-refractivity contribution in [2.45, 2.75) is 63.7 Å². The summed E-state index contributed by atoms with van der Waals surface area (Å²) in [6.45, 7) is 5.39. The number of benzene rings is 1. The van der Waals surface area contributed by atoms with Crippen LogP contribution in [0, 0.1) is 0 Å². The second-order valence-corrected chi connectivity index (χ2v) is 7.77. The Balaban J connectivity index is 2.11. The minimum atomic E-state index is -0.711. The van der Waals surface area contributed by atoms with Gasteiger partial charge in [-0.1, -0.05) is 51.0 Å². The average Bonchev–Trinajstić information content (AvgIpc) is 2.52. The zero-order chi connectivity index (χ0) is 15.1. The largest absolute Gasteiger partial charge is 0.309 e. The third-order valence-corrected chi connectivity index (χ3v) is 6.24. The van der Waals surface area contributed by atoms with Crippen LogP contribution in [0.25, 0.3) is 0 Å².